The molecule has 3 aromatic rings. The maximum atomic E-state index is 12.9. The summed E-state index contributed by atoms with van der Waals surface area (Å²) in [5, 5.41) is 8.13. The number of carbonyl (C=O) groups is 3. The third-order valence-corrected chi connectivity index (χ3v) is 7.12. The van der Waals surface area contributed by atoms with Gasteiger partial charge in [-0.15, -0.1) is 11.3 Å². The van der Waals surface area contributed by atoms with E-state index in [1.807, 2.05) is 29.6 Å². The molecule has 35 heavy (non-hydrogen) atoms. The van der Waals surface area contributed by atoms with Gasteiger partial charge in [-0.2, -0.15) is 0 Å². The Bertz CT molecular complexity index is 1350. The van der Waals surface area contributed by atoms with Gasteiger partial charge in [0.25, 0.3) is 0 Å². The number of aryl methyl sites for hydroxylation is 1. The molecule has 0 saturated carbocycles. The normalized spacial score (nSPS) is 18.7. The molecule has 4 heterocycles. The minimum absolute atomic E-state index is 0.0295. The molecule has 2 N–H and O–H groups in total. The summed E-state index contributed by atoms with van der Waals surface area (Å²) >= 11 is 1.34. The first-order valence-corrected chi connectivity index (χ1v) is 12.3. The molecule has 3 aliphatic heterocycles. The Morgan fingerprint density at radius 1 is 1.09 bits per heavy atom. The number of nitrogens with one attached hydrogen (secondary N) is 2. The molecule has 3 aliphatic rings. The van der Waals surface area contributed by atoms with Gasteiger partial charge in [0.05, 0.1) is 11.6 Å². The molecule has 0 unspecified atom stereocenters. The lowest BCUT2D eigenvalue weighted by atomic mass is 9.99. The lowest BCUT2D eigenvalue weighted by Crippen LogP contribution is -2.28. The summed E-state index contributed by atoms with van der Waals surface area (Å²) in [5.41, 5.74) is 4.28. The molecule has 3 amide bonds. The number of anilines is 3. The van der Waals surface area contributed by atoms with Crippen LogP contribution in [0.3, 0.4) is 0 Å². The first-order valence-electron chi connectivity index (χ1n) is 11.4. The van der Waals surface area contributed by atoms with Crippen molar-refractivity contribution in [3.8, 4) is 22.8 Å². The number of fused-ring (bicyclic) bond motifs is 2. The van der Waals surface area contributed by atoms with Gasteiger partial charge in [0.15, 0.2) is 16.6 Å². The van der Waals surface area contributed by atoms with Crippen LogP contribution in [0.1, 0.15) is 18.4 Å². The largest absolute Gasteiger partial charge is 0.486 e. The Morgan fingerprint density at radius 3 is 2.83 bits per heavy atom. The summed E-state index contributed by atoms with van der Waals surface area (Å²) in [6.07, 6.45) is 1.30. The average molecular weight is 491 g/mol. The number of aromatic nitrogens is 1. The molecule has 1 saturated heterocycles. The van der Waals surface area contributed by atoms with E-state index in [9.17, 15) is 14.4 Å². The van der Waals surface area contributed by atoms with Crippen molar-refractivity contribution in [2.24, 2.45) is 5.92 Å². The van der Waals surface area contributed by atoms with E-state index in [1.165, 1.54) is 11.3 Å². The fourth-order valence-electron chi connectivity index (χ4n) is 4.55. The lowest BCUT2D eigenvalue weighted by molar-refractivity contribution is -0.122. The van der Waals surface area contributed by atoms with Crippen LogP contribution in [0.15, 0.2) is 41.8 Å². The minimum atomic E-state index is -0.476. The molecule has 0 aliphatic carbocycles. The van der Waals surface area contributed by atoms with E-state index >= 15 is 0 Å². The van der Waals surface area contributed by atoms with E-state index in [1.54, 1.807) is 17.0 Å². The van der Waals surface area contributed by atoms with E-state index in [4.69, 9.17) is 9.47 Å². The second-order valence-electron chi connectivity index (χ2n) is 8.68. The first-order chi connectivity index (χ1) is 17.0. The highest BCUT2D eigenvalue weighted by atomic mass is 32.1. The maximum Gasteiger partial charge on any atom is 0.231 e. The molecule has 1 fully saturated rings. The van der Waals surface area contributed by atoms with Crippen molar-refractivity contribution in [2.75, 3.05) is 35.3 Å². The Morgan fingerprint density at radius 2 is 1.94 bits per heavy atom. The van der Waals surface area contributed by atoms with E-state index in [2.05, 4.69) is 15.6 Å². The highest BCUT2D eigenvalue weighted by molar-refractivity contribution is 7.14. The third kappa shape index (κ3) is 4.21. The summed E-state index contributed by atoms with van der Waals surface area (Å²) in [6.45, 7) is 1.26. The highest BCUT2D eigenvalue weighted by Gasteiger charge is 2.36. The van der Waals surface area contributed by atoms with Crippen molar-refractivity contribution in [2.45, 2.75) is 19.3 Å². The van der Waals surface area contributed by atoms with E-state index in [0.717, 1.165) is 22.5 Å². The number of nitrogens with zero attached hydrogens (tertiary/aromatic N) is 2. The van der Waals surface area contributed by atoms with Crippen LogP contribution in [-0.4, -0.2) is 42.5 Å². The van der Waals surface area contributed by atoms with Gasteiger partial charge in [0.1, 0.15) is 13.2 Å². The van der Waals surface area contributed by atoms with Gasteiger partial charge in [-0.1, -0.05) is 6.07 Å². The molecule has 0 spiro atoms. The number of thiazole rings is 1. The van der Waals surface area contributed by atoms with Crippen molar-refractivity contribution < 1.29 is 23.9 Å². The molecular formula is C25H22N4O5S. The van der Waals surface area contributed by atoms with Gasteiger partial charge in [-0.3, -0.25) is 14.4 Å². The Kier molecular flexibility index (Phi) is 5.37. The van der Waals surface area contributed by atoms with E-state index in [-0.39, 0.29) is 24.1 Å². The molecule has 1 aromatic heterocycles. The highest BCUT2D eigenvalue weighted by Crippen LogP contribution is 2.36. The van der Waals surface area contributed by atoms with Gasteiger partial charge < -0.3 is 25.0 Å². The van der Waals surface area contributed by atoms with Crippen molar-refractivity contribution in [1.82, 2.24) is 4.98 Å². The summed E-state index contributed by atoms with van der Waals surface area (Å²) in [6, 6.07) is 11.2. The number of ether oxygens (including phenoxy) is 2. The lowest BCUT2D eigenvalue weighted by Gasteiger charge is -2.22. The van der Waals surface area contributed by atoms with Gasteiger partial charge in [0.2, 0.25) is 17.7 Å². The molecular weight excluding hydrogens is 468 g/mol. The second kappa shape index (κ2) is 8.70. The maximum absolute atomic E-state index is 12.9. The van der Waals surface area contributed by atoms with Crippen LogP contribution >= 0.6 is 11.3 Å². The van der Waals surface area contributed by atoms with Crippen LogP contribution < -0.4 is 25.0 Å². The second-order valence-corrected chi connectivity index (χ2v) is 9.54. The molecule has 1 atom stereocenters. The Balaban J connectivity index is 1.13. The Labute approximate surface area is 205 Å². The number of hydrogen-bond acceptors (Lipinski definition) is 7. The van der Waals surface area contributed by atoms with Gasteiger partial charge in [-0.25, -0.2) is 4.98 Å². The zero-order valence-electron chi connectivity index (χ0n) is 18.7. The zero-order chi connectivity index (χ0) is 23.9. The van der Waals surface area contributed by atoms with Crippen LogP contribution in [0.2, 0.25) is 0 Å². The van der Waals surface area contributed by atoms with Crippen molar-refractivity contribution in [3.05, 3.63) is 47.3 Å². The predicted molar refractivity (Wildman–Crippen MR) is 131 cm³/mol. The number of amides is 3. The molecule has 178 valence electrons. The van der Waals surface area contributed by atoms with Gasteiger partial charge >= 0.3 is 0 Å². The van der Waals surface area contributed by atoms with Crippen molar-refractivity contribution >= 4 is 45.6 Å². The Hall–Kier alpha value is -3.92. The third-order valence-electron chi connectivity index (χ3n) is 6.36. The topological polar surface area (TPSA) is 110 Å². The zero-order valence-corrected chi connectivity index (χ0v) is 19.5. The number of hydrogen-bond donors (Lipinski definition) is 2. The summed E-state index contributed by atoms with van der Waals surface area (Å²) in [4.78, 5) is 43.4. The van der Waals surface area contributed by atoms with Crippen LogP contribution in [0.25, 0.3) is 11.3 Å². The van der Waals surface area contributed by atoms with Gasteiger partial charge in [-0.05, 0) is 36.2 Å². The molecule has 0 radical (unpaired) electrons. The molecule has 10 heteroatoms. The standard InChI is InChI=1S/C25H22N4O5S/c30-22-6-2-14-9-15(1-4-18(14)26-22)19-13-35-25(27-19)28-24(32)16-10-23(31)29(12-16)17-3-5-20-21(11-17)34-8-7-33-20/h1,3-5,9,11,13,16H,2,6-8,10,12H2,(H,26,30)(H,27,28,32)/t16-/m0/s1. The molecule has 6 rings (SSSR count). The smallest absolute Gasteiger partial charge is 0.231 e. The molecule has 2 aromatic carbocycles. The fourth-order valence-corrected chi connectivity index (χ4v) is 5.27. The van der Waals surface area contributed by atoms with E-state index < -0.39 is 5.92 Å². The van der Waals surface area contributed by atoms with E-state index in [0.29, 0.717) is 54.9 Å². The molecule has 0 bridgehead atoms. The quantitative estimate of drug-likeness (QED) is 0.580. The van der Waals surface area contributed by atoms with Gasteiger partial charge in [0, 0.05) is 47.8 Å². The van der Waals surface area contributed by atoms with Crippen molar-refractivity contribution in [1.29, 1.82) is 0 Å². The summed E-state index contributed by atoms with van der Waals surface area (Å²) in [7, 11) is 0. The SMILES string of the molecule is O=C1CCc2cc(-c3csc(NC(=O)[C@H]4CC(=O)N(c5ccc6c(c5)OCCO6)C4)n3)ccc2N1. The summed E-state index contributed by atoms with van der Waals surface area (Å²) < 4.78 is 11.2. The van der Waals surface area contributed by atoms with Crippen LogP contribution in [-0.2, 0) is 20.8 Å². The van der Waals surface area contributed by atoms with Crippen LogP contribution in [0, 0.1) is 5.92 Å². The fraction of sp³-hybridized carbons (Fsp3) is 0.280. The molecule has 9 nitrogen and oxygen atoms in total. The monoisotopic (exact) mass is 490 g/mol. The van der Waals surface area contributed by atoms with Crippen LogP contribution in [0.5, 0.6) is 11.5 Å². The number of rotatable bonds is 4. The summed E-state index contributed by atoms with van der Waals surface area (Å²) in [5.74, 6) is 0.478. The predicted octanol–water partition coefficient (Wildman–Crippen LogP) is 3.46. The minimum Gasteiger partial charge on any atom is -0.486 e. The first kappa shape index (κ1) is 21.6. The average Bonchev–Trinajstić information content (AvgIpc) is 3.50. The van der Waals surface area contributed by atoms with Crippen molar-refractivity contribution in [3.63, 3.8) is 0 Å². The number of benzene rings is 2. The van der Waals surface area contributed by atoms with Crippen LogP contribution in [0.4, 0.5) is 16.5 Å². The number of carbonyl (C=O) groups excluding carboxylic acids is 3.